The van der Waals surface area contributed by atoms with E-state index in [-0.39, 0.29) is 19.4 Å². The van der Waals surface area contributed by atoms with E-state index >= 15 is 0 Å². The van der Waals surface area contributed by atoms with Crippen molar-refractivity contribution in [3.05, 3.63) is 36.5 Å². The highest BCUT2D eigenvalue weighted by Crippen LogP contribution is 2.36. The number of hydrogen-bond donors (Lipinski definition) is 2. The number of unbranched alkanes of at least 4 members (excludes halogenated alkanes) is 16. The summed E-state index contributed by atoms with van der Waals surface area (Å²) in [5.74, 6) is -0.125. The van der Waals surface area contributed by atoms with Crippen molar-refractivity contribution in [2.75, 3.05) is 13.2 Å². The number of phosphoric ester groups is 1. The normalized spacial score (nSPS) is 16.7. The molecule has 0 aromatic carbocycles. The fourth-order valence-corrected chi connectivity index (χ4v) is 6.59. The van der Waals surface area contributed by atoms with Crippen molar-refractivity contribution >= 4 is 19.8 Å². The van der Waals surface area contributed by atoms with E-state index in [1.165, 1.54) is 96.3 Å². The molecule has 9 nitrogen and oxygen atoms in total. The first-order valence-electron chi connectivity index (χ1n) is 21.3. The first kappa shape index (κ1) is 49.2. The third kappa shape index (κ3) is 34.5. The molecule has 0 radical (unpaired) electrons. The van der Waals surface area contributed by atoms with Crippen LogP contribution in [0.3, 0.4) is 0 Å². The largest absolute Gasteiger partial charge is 0.469 e. The Labute approximate surface area is 323 Å². The van der Waals surface area contributed by atoms with Crippen LogP contribution in [-0.4, -0.2) is 53.3 Å². The summed E-state index contributed by atoms with van der Waals surface area (Å²) in [5.41, 5.74) is 0. The van der Waals surface area contributed by atoms with Crippen LogP contribution in [-0.2, 0) is 32.9 Å². The fourth-order valence-electron chi connectivity index (χ4n) is 6.23. The van der Waals surface area contributed by atoms with Gasteiger partial charge in [-0.3, -0.25) is 14.1 Å². The Morgan fingerprint density at radius 1 is 0.660 bits per heavy atom. The molecule has 1 rings (SSSR count). The minimum atomic E-state index is -4.77. The fraction of sp³-hybridized carbons (Fsp3) is 0.814. The highest BCUT2D eigenvalue weighted by atomic mass is 31.2. The van der Waals surface area contributed by atoms with Crippen molar-refractivity contribution < 1.29 is 42.7 Å². The number of esters is 2. The van der Waals surface area contributed by atoms with Gasteiger partial charge in [0.2, 0.25) is 0 Å². The Morgan fingerprint density at radius 3 is 1.79 bits per heavy atom. The number of epoxide rings is 1. The van der Waals surface area contributed by atoms with Gasteiger partial charge < -0.3 is 24.0 Å². The third-order valence-electron chi connectivity index (χ3n) is 9.51. The molecule has 0 amide bonds. The maximum atomic E-state index is 12.4. The predicted molar refractivity (Wildman–Crippen MR) is 215 cm³/mol. The predicted octanol–water partition coefficient (Wildman–Crippen LogP) is 11.8. The smallest absolute Gasteiger partial charge is 0.462 e. The quantitative estimate of drug-likeness (QED) is 0.0208. The maximum absolute atomic E-state index is 12.4. The van der Waals surface area contributed by atoms with Crippen LogP contribution in [0.2, 0.25) is 0 Å². The highest BCUT2D eigenvalue weighted by molar-refractivity contribution is 7.46. The lowest BCUT2D eigenvalue weighted by Gasteiger charge is -2.18. The van der Waals surface area contributed by atoms with Gasteiger partial charge in [0.05, 0.1) is 18.8 Å². The van der Waals surface area contributed by atoms with E-state index in [0.717, 1.165) is 50.9 Å². The monoisotopic (exact) mass is 769 g/mol. The van der Waals surface area contributed by atoms with Crippen LogP contribution in [0, 0.1) is 5.92 Å². The molecule has 0 saturated carbocycles. The van der Waals surface area contributed by atoms with E-state index in [0.29, 0.717) is 25.0 Å². The molecule has 0 bridgehead atoms. The van der Waals surface area contributed by atoms with Crippen LogP contribution in [0.5, 0.6) is 0 Å². The van der Waals surface area contributed by atoms with Crippen molar-refractivity contribution in [2.45, 2.75) is 206 Å². The number of phosphoric acid groups is 1. The second-order valence-electron chi connectivity index (χ2n) is 15.2. The molecule has 53 heavy (non-hydrogen) atoms. The lowest BCUT2D eigenvalue weighted by Crippen LogP contribution is -2.29. The number of hydrogen-bond acceptors (Lipinski definition) is 7. The number of allylic oxidation sites excluding steroid dienone is 5. The van der Waals surface area contributed by atoms with Gasteiger partial charge in [-0.05, 0) is 50.9 Å². The molecule has 0 aromatic rings. The van der Waals surface area contributed by atoms with Crippen molar-refractivity contribution in [3.8, 4) is 0 Å². The molecule has 1 saturated heterocycles. The maximum Gasteiger partial charge on any atom is 0.469 e. The number of carbonyl (C=O) groups excluding carboxylic acids is 2. The van der Waals surface area contributed by atoms with Crippen molar-refractivity contribution in [3.63, 3.8) is 0 Å². The average molecular weight is 769 g/mol. The first-order chi connectivity index (χ1) is 25.6. The standard InChI is InChI=1S/C43H77O9P/c1-4-5-26-32-40-41(52-40)33-28-23-19-15-12-13-16-20-24-29-34-42(44)49-36-39(37-50-53(46,47)48)51-43(45)35-30-25-21-17-11-9-7-6-8-10-14-18-22-27-31-38(2)3/h12,15-16,20,23,28,38-41H,4-11,13-14,17-19,21-22,24-27,29-37H2,1-3H3,(H2,46,47,48)/b15-12-,20-16-,28-23-/t39-,40?,41?/m1/s1. The van der Waals surface area contributed by atoms with Gasteiger partial charge in [-0.2, -0.15) is 0 Å². The topological polar surface area (TPSA) is 132 Å². The molecular formula is C43H77O9P. The highest BCUT2D eigenvalue weighted by Gasteiger charge is 2.36. The van der Waals surface area contributed by atoms with Crippen LogP contribution in [0.1, 0.15) is 188 Å². The van der Waals surface area contributed by atoms with E-state index in [1.807, 2.05) is 6.08 Å². The zero-order valence-corrected chi connectivity index (χ0v) is 34.7. The number of rotatable bonds is 37. The summed E-state index contributed by atoms with van der Waals surface area (Å²) in [5, 5.41) is 0. The summed E-state index contributed by atoms with van der Waals surface area (Å²) in [6.07, 6.45) is 40.5. The van der Waals surface area contributed by atoms with Crippen LogP contribution < -0.4 is 0 Å². The second-order valence-corrected chi connectivity index (χ2v) is 16.4. The van der Waals surface area contributed by atoms with Gasteiger partial charge in [0, 0.05) is 12.8 Å². The lowest BCUT2D eigenvalue weighted by molar-refractivity contribution is -0.161. The van der Waals surface area contributed by atoms with Gasteiger partial charge in [0.15, 0.2) is 6.10 Å². The summed E-state index contributed by atoms with van der Waals surface area (Å²) in [7, 11) is -4.77. The van der Waals surface area contributed by atoms with Gasteiger partial charge in [-0.1, -0.05) is 166 Å². The molecule has 1 aliphatic heterocycles. The van der Waals surface area contributed by atoms with E-state index in [4.69, 9.17) is 24.0 Å². The molecule has 1 heterocycles. The third-order valence-corrected chi connectivity index (χ3v) is 10.00. The average Bonchev–Trinajstić information content (AvgIpc) is 3.87. The molecule has 1 aliphatic rings. The Bertz CT molecular complexity index is 1030. The summed E-state index contributed by atoms with van der Waals surface area (Å²) >= 11 is 0. The second kappa shape index (κ2) is 33.6. The van der Waals surface area contributed by atoms with Gasteiger partial charge in [0.1, 0.15) is 6.61 Å². The zero-order valence-electron chi connectivity index (χ0n) is 33.8. The van der Waals surface area contributed by atoms with Gasteiger partial charge in [-0.25, -0.2) is 4.57 Å². The van der Waals surface area contributed by atoms with E-state index in [9.17, 15) is 14.2 Å². The molecule has 3 atom stereocenters. The van der Waals surface area contributed by atoms with Gasteiger partial charge in [0.25, 0.3) is 0 Å². The molecule has 2 unspecified atom stereocenters. The molecule has 0 aromatic heterocycles. The van der Waals surface area contributed by atoms with Crippen molar-refractivity contribution in [1.29, 1.82) is 0 Å². The SMILES string of the molecule is CCCCCC1OC1C/C=C\C/C=C\C/C=C\CCCC(=O)OC[C@H](COP(=O)(O)O)OC(=O)CCCCCCCCCCCCCCCCC(C)C. The minimum Gasteiger partial charge on any atom is -0.462 e. The summed E-state index contributed by atoms with van der Waals surface area (Å²) in [6, 6.07) is 0. The molecule has 0 aliphatic carbocycles. The molecule has 10 heteroatoms. The van der Waals surface area contributed by atoms with Crippen LogP contribution in [0.25, 0.3) is 0 Å². The molecule has 1 fully saturated rings. The number of carbonyl (C=O) groups is 2. The first-order valence-corrected chi connectivity index (χ1v) is 22.8. The van der Waals surface area contributed by atoms with Crippen LogP contribution in [0.15, 0.2) is 36.5 Å². The summed E-state index contributed by atoms with van der Waals surface area (Å²) in [6.45, 7) is 5.95. The molecule has 308 valence electrons. The summed E-state index contributed by atoms with van der Waals surface area (Å²) in [4.78, 5) is 42.9. The van der Waals surface area contributed by atoms with E-state index in [1.54, 1.807) is 0 Å². The van der Waals surface area contributed by atoms with E-state index < -0.39 is 32.5 Å². The number of ether oxygens (including phenoxy) is 3. The van der Waals surface area contributed by atoms with Crippen LogP contribution in [0.4, 0.5) is 0 Å². The van der Waals surface area contributed by atoms with Gasteiger partial charge in [-0.15, -0.1) is 0 Å². The Morgan fingerprint density at radius 2 is 1.21 bits per heavy atom. The van der Waals surface area contributed by atoms with Crippen molar-refractivity contribution in [1.82, 2.24) is 0 Å². The Balaban J connectivity index is 2.08. The Hall–Kier alpha value is -1.77. The zero-order chi connectivity index (χ0) is 38.8. The molecule has 2 N–H and O–H groups in total. The lowest BCUT2D eigenvalue weighted by atomic mass is 10.0. The Kier molecular flexibility index (Phi) is 31.2. The molecule has 0 spiro atoms. The van der Waals surface area contributed by atoms with E-state index in [2.05, 4.69) is 55.7 Å². The van der Waals surface area contributed by atoms with Gasteiger partial charge >= 0.3 is 19.8 Å². The van der Waals surface area contributed by atoms with Crippen molar-refractivity contribution in [2.24, 2.45) is 5.92 Å². The van der Waals surface area contributed by atoms with Crippen LogP contribution >= 0.6 is 7.82 Å². The summed E-state index contributed by atoms with van der Waals surface area (Å²) < 4.78 is 32.1. The molecular weight excluding hydrogens is 691 g/mol. The minimum absolute atomic E-state index is 0.188.